The zero-order valence-corrected chi connectivity index (χ0v) is 9.30. The van der Waals surface area contributed by atoms with Crippen LogP contribution in [0.4, 0.5) is 4.39 Å². The van der Waals surface area contributed by atoms with E-state index in [0.29, 0.717) is 0 Å². The highest BCUT2D eigenvalue weighted by molar-refractivity contribution is 9.10. The van der Waals surface area contributed by atoms with E-state index >= 15 is 0 Å². The number of aromatic hydroxyl groups is 1. The summed E-state index contributed by atoms with van der Waals surface area (Å²) in [7, 11) is 1.30. The van der Waals surface area contributed by atoms with E-state index in [1.54, 1.807) is 0 Å². The maximum atomic E-state index is 13.5. The zero-order chi connectivity index (χ0) is 10.9. The molecule has 0 amide bonds. The van der Waals surface area contributed by atoms with Gasteiger partial charge in [-0.15, -0.1) is 0 Å². The summed E-state index contributed by atoms with van der Waals surface area (Å²) in [5, 5.41) is 18.7. The molecule has 0 saturated heterocycles. The summed E-state index contributed by atoms with van der Waals surface area (Å²) in [4.78, 5) is 0. The van der Waals surface area contributed by atoms with Crippen molar-refractivity contribution >= 4 is 15.9 Å². The first-order chi connectivity index (χ1) is 6.49. The van der Waals surface area contributed by atoms with Gasteiger partial charge in [-0.1, -0.05) is 0 Å². The van der Waals surface area contributed by atoms with Crippen molar-refractivity contribution in [2.45, 2.75) is 13.0 Å². The Morgan fingerprint density at radius 3 is 2.57 bits per heavy atom. The number of ether oxygens (including phenoxy) is 1. The Morgan fingerprint density at radius 1 is 1.57 bits per heavy atom. The number of methoxy groups -OCH3 is 1. The van der Waals surface area contributed by atoms with Gasteiger partial charge in [-0.3, -0.25) is 0 Å². The van der Waals surface area contributed by atoms with E-state index in [9.17, 15) is 14.6 Å². The number of hydrogen-bond acceptors (Lipinski definition) is 3. The smallest absolute Gasteiger partial charge is 0.169 e. The summed E-state index contributed by atoms with van der Waals surface area (Å²) >= 11 is 2.93. The van der Waals surface area contributed by atoms with Crippen LogP contribution in [0.3, 0.4) is 0 Å². The second-order valence-corrected chi connectivity index (χ2v) is 3.67. The molecule has 0 aliphatic heterocycles. The topological polar surface area (TPSA) is 49.7 Å². The van der Waals surface area contributed by atoms with Gasteiger partial charge in [0.15, 0.2) is 11.5 Å². The highest BCUT2D eigenvalue weighted by Gasteiger charge is 2.21. The van der Waals surface area contributed by atoms with Gasteiger partial charge in [-0.25, -0.2) is 4.39 Å². The molecule has 0 radical (unpaired) electrons. The maximum Gasteiger partial charge on any atom is 0.169 e. The van der Waals surface area contributed by atoms with Gasteiger partial charge in [0.05, 0.1) is 23.2 Å². The van der Waals surface area contributed by atoms with E-state index in [-0.39, 0.29) is 21.5 Å². The van der Waals surface area contributed by atoms with Crippen LogP contribution in [0.5, 0.6) is 11.5 Å². The Labute approximate surface area is 89.3 Å². The van der Waals surface area contributed by atoms with Gasteiger partial charge in [0, 0.05) is 6.07 Å². The lowest BCUT2D eigenvalue weighted by molar-refractivity contribution is 0.187. The highest BCUT2D eigenvalue weighted by Crippen LogP contribution is 2.39. The molecule has 0 heterocycles. The number of halogens is 2. The van der Waals surface area contributed by atoms with Crippen LogP contribution in [0.2, 0.25) is 0 Å². The highest BCUT2D eigenvalue weighted by atomic mass is 79.9. The van der Waals surface area contributed by atoms with Crippen molar-refractivity contribution < 1.29 is 19.3 Å². The molecular weight excluding hydrogens is 255 g/mol. The molecule has 5 heteroatoms. The third-order valence-corrected chi connectivity index (χ3v) is 2.39. The van der Waals surface area contributed by atoms with Crippen LogP contribution in [0.15, 0.2) is 10.5 Å². The van der Waals surface area contributed by atoms with Crippen molar-refractivity contribution in [3.8, 4) is 11.5 Å². The monoisotopic (exact) mass is 264 g/mol. The fourth-order valence-electron chi connectivity index (χ4n) is 1.20. The molecule has 2 N–H and O–H groups in total. The van der Waals surface area contributed by atoms with Gasteiger partial charge in [0.1, 0.15) is 5.82 Å². The van der Waals surface area contributed by atoms with Gasteiger partial charge >= 0.3 is 0 Å². The van der Waals surface area contributed by atoms with Crippen molar-refractivity contribution in [1.82, 2.24) is 0 Å². The van der Waals surface area contributed by atoms with Gasteiger partial charge in [0.2, 0.25) is 0 Å². The molecule has 0 aromatic heterocycles. The quantitative estimate of drug-likeness (QED) is 0.862. The van der Waals surface area contributed by atoms with Crippen LogP contribution in [-0.4, -0.2) is 17.3 Å². The molecule has 1 unspecified atom stereocenters. The van der Waals surface area contributed by atoms with Gasteiger partial charge in [-0.05, 0) is 22.9 Å². The normalized spacial score (nSPS) is 12.6. The molecule has 0 bridgehead atoms. The second kappa shape index (κ2) is 4.14. The van der Waals surface area contributed by atoms with E-state index in [2.05, 4.69) is 15.9 Å². The van der Waals surface area contributed by atoms with Crippen molar-refractivity contribution in [3.63, 3.8) is 0 Å². The third kappa shape index (κ3) is 1.83. The van der Waals surface area contributed by atoms with Crippen molar-refractivity contribution in [2.75, 3.05) is 7.11 Å². The average Bonchev–Trinajstić information content (AvgIpc) is 2.10. The van der Waals surface area contributed by atoms with E-state index in [1.807, 2.05) is 0 Å². The summed E-state index contributed by atoms with van der Waals surface area (Å²) in [5.74, 6) is -0.882. The molecule has 78 valence electrons. The molecule has 14 heavy (non-hydrogen) atoms. The molecule has 3 nitrogen and oxygen atoms in total. The minimum atomic E-state index is -1.05. The third-order valence-electron chi connectivity index (χ3n) is 1.81. The SMILES string of the molecule is COc1c(O)cc(Br)c(F)c1C(C)O. The number of hydrogen-bond donors (Lipinski definition) is 2. The lowest BCUT2D eigenvalue weighted by Gasteiger charge is -2.14. The van der Waals surface area contributed by atoms with E-state index in [4.69, 9.17) is 4.74 Å². The maximum absolute atomic E-state index is 13.5. The van der Waals surface area contributed by atoms with Crippen LogP contribution in [0.25, 0.3) is 0 Å². The van der Waals surface area contributed by atoms with Crippen LogP contribution in [0, 0.1) is 5.82 Å². The lowest BCUT2D eigenvalue weighted by atomic mass is 10.1. The largest absolute Gasteiger partial charge is 0.504 e. The molecule has 0 fully saturated rings. The molecule has 0 aliphatic rings. The molecule has 1 rings (SSSR count). The number of phenolic OH excluding ortho intramolecular Hbond substituents is 1. The molecular formula is C9H10BrFO3. The molecule has 0 aliphatic carbocycles. The molecule has 1 atom stereocenters. The first kappa shape index (κ1) is 11.3. The van der Waals surface area contributed by atoms with Crippen molar-refractivity contribution in [2.24, 2.45) is 0 Å². The predicted octanol–water partition coefficient (Wildman–Crippen LogP) is 2.36. The minimum absolute atomic E-state index is 0.0410. The van der Waals surface area contributed by atoms with E-state index in [1.165, 1.54) is 20.1 Å². The summed E-state index contributed by atoms with van der Waals surface area (Å²) < 4.78 is 18.4. The fourth-order valence-corrected chi connectivity index (χ4v) is 1.63. The van der Waals surface area contributed by atoms with Crippen LogP contribution < -0.4 is 4.74 Å². The predicted molar refractivity (Wildman–Crippen MR) is 53.0 cm³/mol. The molecule has 0 saturated carbocycles. The average molecular weight is 265 g/mol. The number of benzene rings is 1. The van der Waals surface area contributed by atoms with E-state index in [0.717, 1.165) is 0 Å². The van der Waals surface area contributed by atoms with Crippen LogP contribution in [0.1, 0.15) is 18.6 Å². The zero-order valence-electron chi connectivity index (χ0n) is 7.71. The van der Waals surface area contributed by atoms with E-state index < -0.39 is 11.9 Å². The Morgan fingerprint density at radius 2 is 2.14 bits per heavy atom. The van der Waals surface area contributed by atoms with Crippen LogP contribution in [-0.2, 0) is 0 Å². The second-order valence-electron chi connectivity index (χ2n) is 2.81. The summed E-state index contributed by atoms with van der Waals surface area (Å²) in [6.45, 7) is 1.40. The summed E-state index contributed by atoms with van der Waals surface area (Å²) in [5.41, 5.74) is -0.0561. The summed E-state index contributed by atoms with van der Waals surface area (Å²) in [6.07, 6.45) is -1.05. The molecule has 1 aromatic rings. The minimum Gasteiger partial charge on any atom is -0.504 e. The molecule has 1 aromatic carbocycles. The van der Waals surface area contributed by atoms with Gasteiger partial charge < -0.3 is 14.9 Å². The Kier molecular flexibility index (Phi) is 3.34. The first-order valence-electron chi connectivity index (χ1n) is 3.92. The lowest BCUT2D eigenvalue weighted by Crippen LogP contribution is -2.01. The Hall–Kier alpha value is -0.810. The summed E-state index contributed by atoms with van der Waals surface area (Å²) in [6, 6.07) is 1.18. The Bertz CT molecular complexity index is 352. The molecule has 0 spiro atoms. The number of aliphatic hydroxyl groups is 1. The first-order valence-corrected chi connectivity index (χ1v) is 4.71. The van der Waals surface area contributed by atoms with Crippen molar-refractivity contribution in [1.29, 1.82) is 0 Å². The fraction of sp³-hybridized carbons (Fsp3) is 0.333. The number of phenols is 1. The van der Waals surface area contributed by atoms with Gasteiger partial charge in [-0.2, -0.15) is 0 Å². The van der Waals surface area contributed by atoms with Crippen molar-refractivity contribution in [3.05, 3.63) is 21.9 Å². The number of rotatable bonds is 2. The number of aliphatic hydroxyl groups excluding tert-OH is 1. The standard InChI is InChI=1S/C9H10BrFO3/c1-4(12)7-8(11)5(10)3-6(13)9(7)14-2/h3-4,12-13H,1-2H3. The Balaban J connectivity index is 3.48. The van der Waals surface area contributed by atoms with Gasteiger partial charge in [0.25, 0.3) is 0 Å². The van der Waals surface area contributed by atoms with Crippen LogP contribution >= 0.6 is 15.9 Å².